The second kappa shape index (κ2) is 11.2. The summed E-state index contributed by atoms with van der Waals surface area (Å²) in [4.78, 5) is 29.6. The molecule has 2 aliphatic rings. The van der Waals surface area contributed by atoms with Gasteiger partial charge in [-0.05, 0) is 38.3 Å². The van der Waals surface area contributed by atoms with Crippen LogP contribution in [0, 0.1) is 0 Å². The van der Waals surface area contributed by atoms with E-state index < -0.39 is 0 Å². The zero-order valence-electron chi connectivity index (χ0n) is 18.3. The Kier molecular flexibility index (Phi) is 8.37. The summed E-state index contributed by atoms with van der Waals surface area (Å²) in [5.41, 5.74) is 1.02. The quantitative estimate of drug-likeness (QED) is 0.797. The van der Waals surface area contributed by atoms with Gasteiger partial charge in [0.2, 0.25) is 11.8 Å². The number of ether oxygens (including phenoxy) is 2. The van der Waals surface area contributed by atoms with Crippen molar-refractivity contribution in [2.45, 2.75) is 57.5 Å². The van der Waals surface area contributed by atoms with E-state index in [1.54, 1.807) is 14.2 Å². The van der Waals surface area contributed by atoms with Crippen molar-refractivity contribution >= 4 is 11.8 Å². The molecule has 2 fully saturated rings. The van der Waals surface area contributed by atoms with E-state index >= 15 is 0 Å². The summed E-state index contributed by atoms with van der Waals surface area (Å²) in [6.07, 6.45) is 6.42. The molecule has 1 atom stereocenters. The van der Waals surface area contributed by atoms with Gasteiger partial charge >= 0.3 is 0 Å². The van der Waals surface area contributed by atoms with Crippen molar-refractivity contribution in [1.82, 2.24) is 15.1 Å². The molecule has 0 aromatic heterocycles. The summed E-state index contributed by atoms with van der Waals surface area (Å²) < 4.78 is 11.0. The summed E-state index contributed by atoms with van der Waals surface area (Å²) in [6, 6.07) is 5.72. The second-order valence-electron chi connectivity index (χ2n) is 8.12. The molecule has 1 aromatic carbocycles. The Hall–Kier alpha value is -2.28. The molecule has 0 aliphatic carbocycles. The molecule has 0 bridgehead atoms. The molecule has 0 spiro atoms. The minimum atomic E-state index is -0.144. The van der Waals surface area contributed by atoms with Crippen molar-refractivity contribution in [2.24, 2.45) is 0 Å². The number of carbonyl (C=O) groups excluding carboxylic acids is 2. The molecule has 30 heavy (non-hydrogen) atoms. The summed E-state index contributed by atoms with van der Waals surface area (Å²) in [7, 11) is 3.28. The van der Waals surface area contributed by atoms with E-state index in [-0.39, 0.29) is 17.9 Å². The lowest BCUT2D eigenvalue weighted by atomic mass is 10.1. The Balaban J connectivity index is 1.70. The molecule has 2 heterocycles. The van der Waals surface area contributed by atoms with Gasteiger partial charge < -0.3 is 19.7 Å². The van der Waals surface area contributed by atoms with Crippen molar-refractivity contribution in [3.63, 3.8) is 0 Å². The van der Waals surface area contributed by atoms with Crippen LogP contribution in [0.25, 0.3) is 0 Å². The highest BCUT2D eigenvalue weighted by Crippen LogP contribution is 2.33. The molecule has 7 heteroatoms. The van der Waals surface area contributed by atoms with Crippen molar-refractivity contribution < 1.29 is 19.1 Å². The van der Waals surface area contributed by atoms with Gasteiger partial charge in [-0.2, -0.15) is 0 Å². The molecular formula is C23H35N3O4. The molecule has 1 unspecified atom stereocenters. The number of benzene rings is 1. The van der Waals surface area contributed by atoms with E-state index in [9.17, 15) is 9.59 Å². The van der Waals surface area contributed by atoms with Gasteiger partial charge in [-0.25, -0.2) is 0 Å². The fraction of sp³-hybridized carbons (Fsp3) is 0.652. The topological polar surface area (TPSA) is 71.1 Å². The van der Waals surface area contributed by atoms with Crippen LogP contribution >= 0.6 is 0 Å². The van der Waals surface area contributed by atoms with E-state index in [0.29, 0.717) is 25.3 Å². The zero-order valence-corrected chi connectivity index (χ0v) is 18.3. The van der Waals surface area contributed by atoms with Gasteiger partial charge in [0.25, 0.3) is 0 Å². The van der Waals surface area contributed by atoms with E-state index in [0.717, 1.165) is 69.5 Å². The smallest absolute Gasteiger partial charge is 0.239 e. The lowest BCUT2D eigenvalue weighted by molar-refractivity contribution is -0.136. The molecule has 1 aromatic rings. The van der Waals surface area contributed by atoms with Gasteiger partial charge in [0.15, 0.2) is 11.5 Å². The molecule has 7 nitrogen and oxygen atoms in total. The lowest BCUT2D eigenvalue weighted by Gasteiger charge is -2.30. The Morgan fingerprint density at radius 1 is 1.07 bits per heavy atom. The van der Waals surface area contributed by atoms with Crippen LogP contribution in [0.15, 0.2) is 18.2 Å². The van der Waals surface area contributed by atoms with Crippen LogP contribution in [-0.4, -0.2) is 68.1 Å². The van der Waals surface area contributed by atoms with Crippen molar-refractivity contribution in [2.75, 3.05) is 40.4 Å². The number of hydrogen-bond acceptors (Lipinski definition) is 5. The minimum Gasteiger partial charge on any atom is -0.493 e. The fourth-order valence-electron chi connectivity index (χ4n) is 4.47. The zero-order chi connectivity index (χ0) is 21.3. The van der Waals surface area contributed by atoms with E-state index in [1.165, 1.54) is 0 Å². The predicted octanol–water partition coefficient (Wildman–Crippen LogP) is 2.58. The largest absolute Gasteiger partial charge is 0.493 e. The maximum Gasteiger partial charge on any atom is 0.239 e. The van der Waals surface area contributed by atoms with Crippen LogP contribution in [-0.2, 0) is 16.1 Å². The molecule has 0 saturated carbocycles. The number of nitrogens with one attached hydrogen (secondary N) is 1. The van der Waals surface area contributed by atoms with E-state index in [4.69, 9.17) is 9.47 Å². The van der Waals surface area contributed by atoms with Gasteiger partial charge in [0.05, 0.1) is 20.3 Å². The Labute approximate surface area is 179 Å². The fourth-order valence-corrected chi connectivity index (χ4v) is 4.47. The molecule has 1 N–H and O–H groups in total. The molecule has 3 rings (SSSR count). The highest BCUT2D eigenvalue weighted by Gasteiger charge is 2.34. The number of carbonyl (C=O) groups is 2. The van der Waals surface area contributed by atoms with Gasteiger partial charge in [-0.15, -0.1) is 0 Å². The monoisotopic (exact) mass is 417 g/mol. The number of amides is 2. The first-order valence-corrected chi connectivity index (χ1v) is 11.1. The first kappa shape index (κ1) is 22.4. The molecule has 0 radical (unpaired) electrons. The summed E-state index contributed by atoms with van der Waals surface area (Å²) in [6.45, 7) is 3.50. The lowest BCUT2D eigenvalue weighted by Crippen LogP contribution is -2.46. The SMILES string of the molecule is COc1cccc(CN2CCCC2C(=O)N2CCCCCCNC(=O)CC2)c1OC. The van der Waals surface area contributed by atoms with Gasteiger partial charge in [-0.1, -0.05) is 25.0 Å². The van der Waals surface area contributed by atoms with Gasteiger partial charge in [0, 0.05) is 38.2 Å². The van der Waals surface area contributed by atoms with Crippen molar-refractivity contribution in [3.8, 4) is 11.5 Å². The molecular weight excluding hydrogens is 382 g/mol. The Morgan fingerprint density at radius 3 is 2.70 bits per heavy atom. The molecule has 166 valence electrons. The number of methoxy groups -OCH3 is 2. The maximum atomic E-state index is 13.4. The van der Waals surface area contributed by atoms with Crippen LogP contribution in [0.1, 0.15) is 50.5 Å². The van der Waals surface area contributed by atoms with Gasteiger partial charge in [0.1, 0.15) is 0 Å². The van der Waals surface area contributed by atoms with Crippen LogP contribution in [0.3, 0.4) is 0 Å². The molecule has 2 amide bonds. The van der Waals surface area contributed by atoms with Crippen LogP contribution < -0.4 is 14.8 Å². The molecule has 2 aliphatic heterocycles. The summed E-state index contributed by atoms with van der Waals surface area (Å²) in [5.74, 6) is 1.63. The van der Waals surface area contributed by atoms with Crippen LogP contribution in [0.4, 0.5) is 0 Å². The van der Waals surface area contributed by atoms with E-state index in [1.807, 2.05) is 23.1 Å². The standard InChI is InChI=1S/C23H35N3O4/c1-29-20-11-7-9-18(22(20)30-2)17-26-15-8-10-19(26)23(28)25-14-6-4-3-5-13-24-21(27)12-16-25/h7,9,11,19H,3-6,8,10,12-17H2,1-2H3,(H,24,27). The van der Waals surface area contributed by atoms with Crippen LogP contribution in [0.5, 0.6) is 11.5 Å². The second-order valence-corrected chi connectivity index (χ2v) is 8.12. The average molecular weight is 418 g/mol. The van der Waals surface area contributed by atoms with Crippen molar-refractivity contribution in [1.29, 1.82) is 0 Å². The third-order valence-electron chi connectivity index (χ3n) is 6.10. The van der Waals surface area contributed by atoms with Crippen LogP contribution in [0.2, 0.25) is 0 Å². The summed E-state index contributed by atoms with van der Waals surface area (Å²) >= 11 is 0. The third kappa shape index (κ3) is 5.65. The summed E-state index contributed by atoms with van der Waals surface area (Å²) in [5, 5.41) is 2.96. The molecule has 2 saturated heterocycles. The Bertz CT molecular complexity index is 724. The highest BCUT2D eigenvalue weighted by molar-refractivity contribution is 5.83. The number of rotatable bonds is 5. The number of hydrogen-bond donors (Lipinski definition) is 1. The Morgan fingerprint density at radius 2 is 1.90 bits per heavy atom. The van der Waals surface area contributed by atoms with Crippen molar-refractivity contribution in [3.05, 3.63) is 23.8 Å². The van der Waals surface area contributed by atoms with E-state index in [2.05, 4.69) is 10.2 Å². The first-order valence-electron chi connectivity index (χ1n) is 11.1. The number of nitrogens with zero attached hydrogens (tertiary/aromatic N) is 2. The average Bonchev–Trinajstić information content (AvgIpc) is 3.20. The van der Waals surface area contributed by atoms with Gasteiger partial charge in [-0.3, -0.25) is 14.5 Å². The predicted molar refractivity (Wildman–Crippen MR) is 116 cm³/mol. The number of para-hydroxylation sites is 1. The maximum absolute atomic E-state index is 13.4. The minimum absolute atomic E-state index is 0.0408. The third-order valence-corrected chi connectivity index (χ3v) is 6.10. The number of likely N-dealkylation sites (tertiary alicyclic amines) is 1. The first-order chi connectivity index (χ1) is 14.6. The normalized spacial score (nSPS) is 21.6. The highest BCUT2D eigenvalue weighted by atomic mass is 16.5.